The van der Waals surface area contributed by atoms with E-state index in [2.05, 4.69) is 4.72 Å². The molecule has 5 nitrogen and oxygen atoms in total. The van der Waals surface area contributed by atoms with Gasteiger partial charge in [0.15, 0.2) is 0 Å². The highest BCUT2D eigenvalue weighted by Gasteiger charge is 2.51. The Balaban J connectivity index is 1.91. The summed E-state index contributed by atoms with van der Waals surface area (Å²) < 4.78 is 40.2. The maximum Gasteiger partial charge on any atom is 0.494 e. The van der Waals surface area contributed by atoms with Crippen LogP contribution in [0.3, 0.4) is 0 Å². The molecule has 0 saturated carbocycles. The van der Waals surface area contributed by atoms with Crippen molar-refractivity contribution in [2.75, 3.05) is 4.72 Å². The van der Waals surface area contributed by atoms with Crippen LogP contribution in [0.1, 0.15) is 33.3 Å². The number of hydrogen-bond acceptors (Lipinski definition) is 4. The summed E-state index contributed by atoms with van der Waals surface area (Å²) >= 11 is 5.92. The van der Waals surface area contributed by atoms with Crippen LogP contribution >= 0.6 is 11.6 Å². The first-order chi connectivity index (χ1) is 12.4. The summed E-state index contributed by atoms with van der Waals surface area (Å²) in [4.78, 5) is 0.107. The van der Waals surface area contributed by atoms with Gasteiger partial charge in [-0.3, -0.25) is 4.72 Å². The first-order valence-corrected chi connectivity index (χ1v) is 10.5. The van der Waals surface area contributed by atoms with Crippen LogP contribution in [0.4, 0.5) is 5.69 Å². The monoisotopic (exact) mass is 407 g/mol. The summed E-state index contributed by atoms with van der Waals surface area (Å²) in [5, 5.41) is 0.362. The number of benzene rings is 2. The van der Waals surface area contributed by atoms with Crippen molar-refractivity contribution in [1.82, 2.24) is 0 Å². The van der Waals surface area contributed by atoms with E-state index in [0.29, 0.717) is 10.7 Å². The predicted molar refractivity (Wildman–Crippen MR) is 109 cm³/mol. The Labute approximate surface area is 166 Å². The van der Waals surface area contributed by atoms with Gasteiger partial charge in [0, 0.05) is 5.02 Å². The number of nitrogens with one attached hydrogen (secondary N) is 1. The summed E-state index contributed by atoms with van der Waals surface area (Å²) in [5.41, 5.74) is 1.08. The zero-order valence-electron chi connectivity index (χ0n) is 16.0. The first-order valence-electron chi connectivity index (χ1n) is 8.66. The van der Waals surface area contributed by atoms with E-state index in [4.69, 9.17) is 20.9 Å². The van der Waals surface area contributed by atoms with Crippen molar-refractivity contribution in [1.29, 1.82) is 0 Å². The second-order valence-corrected chi connectivity index (χ2v) is 9.84. The number of aryl methyl sites for hydroxylation is 1. The van der Waals surface area contributed by atoms with E-state index in [1.165, 1.54) is 12.1 Å². The van der Waals surface area contributed by atoms with Gasteiger partial charge in [-0.2, -0.15) is 0 Å². The minimum absolute atomic E-state index is 0.107. The number of halogens is 1. The fourth-order valence-corrected chi connectivity index (χ4v) is 4.14. The van der Waals surface area contributed by atoms with Gasteiger partial charge in [0.25, 0.3) is 10.0 Å². The van der Waals surface area contributed by atoms with Gasteiger partial charge in [-0.1, -0.05) is 29.8 Å². The van der Waals surface area contributed by atoms with E-state index in [9.17, 15) is 8.42 Å². The maximum atomic E-state index is 12.7. The molecule has 2 aromatic rings. The third kappa shape index (κ3) is 4.01. The molecule has 0 radical (unpaired) electrons. The molecular formula is C19H23BClNO4S. The molecule has 1 heterocycles. The highest BCUT2D eigenvalue weighted by atomic mass is 35.5. The Kier molecular flexibility index (Phi) is 5.10. The van der Waals surface area contributed by atoms with Crippen molar-refractivity contribution in [3.05, 3.63) is 53.1 Å². The molecule has 1 N–H and O–H groups in total. The van der Waals surface area contributed by atoms with Gasteiger partial charge in [-0.05, 0) is 69.9 Å². The van der Waals surface area contributed by atoms with Crippen LogP contribution in [-0.2, 0) is 19.3 Å². The van der Waals surface area contributed by atoms with Gasteiger partial charge < -0.3 is 9.31 Å². The van der Waals surface area contributed by atoms with Crippen LogP contribution in [0.5, 0.6) is 0 Å². The third-order valence-electron chi connectivity index (χ3n) is 5.14. The summed E-state index contributed by atoms with van der Waals surface area (Å²) in [5.74, 6) is 0. The number of anilines is 1. The lowest BCUT2D eigenvalue weighted by Crippen LogP contribution is -2.41. The average Bonchev–Trinajstić information content (AvgIpc) is 2.77. The fraction of sp³-hybridized carbons (Fsp3) is 0.368. The molecule has 8 heteroatoms. The quantitative estimate of drug-likeness (QED) is 0.784. The molecule has 0 atom stereocenters. The molecule has 1 saturated heterocycles. The Morgan fingerprint density at radius 1 is 1.00 bits per heavy atom. The molecule has 0 amide bonds. The van der Waals surface area contributed by atoms with E-state index in [1.54, 1.807) is 18.2 Å². The van der Waals surface area contributed by atoms with E-state index < -0.39 is 28.3 Å². The van der Waals surface area contributed by atoms with Gasteiger partial charge in [-0.15, -0.1) is 0 Å². The topological polar surface area (TPSA) is 64.6 Å². The van der Waals surface area contributed by atoms with Crippen LogP contribution in [0.2, 0.25) is 5.02 Å². The lowest BCUT2D eigenvalue weighted by molar-refractivity contribution is 0.00578. The number of sulfonamides is 1. The molecule has 0 aliphatic carbocycles. The molecule has 27 heavy (non-hydrogen) atoms. The van der Waals surface area contributed by atoms with Crippen molar-refractivity contribution in [2.24, 2.45) is 0 Å². The van der Waals surface area contributed by atoms with Crippen molar-refractivity contribution >= 4 is 39.9 Å². The summed E-state index contributed by atoms with van der Waals surface area (Å²) in [7, 11) is -4.33. The Hall–Kier alpha value is -1.54. The summed E-state index contributed by atoms with van der Waals surface area (Å²) in [6, 6.07) is 11.6. The predicted octanol–water partition coefficient (Wildman–Crippen LogP) is 3.75. The van der Waals surface area contributed by atoms with Crippen LogP contribution in [0.25, 0.3) is 0 Å². The van der Waals surface area contributed by atoms with Crippen LogP contribution in [0, 0.1) is 6.92 Å². The Bertz CT molecular complexity index is 959. The molecule has 1 fully saturated rings. The van der Waals surface area contributed by atoms with Crippen molar-refractivity contribution in [2.45, 2.75) is 50.7 Å². The molecule has 2 aromatic carbocycles. The van der Waals surface area contributed by atoms with Crippen LogP contribution < -0.4 is 10.2 Å². The third-order valence-corrected chi connectivity index (χ3v) is 6.74. The summed E-state index contributed by atoms with van der Waals surface area (Å²) in [6.45, 7) is 9.74. The minimum atomic E-state index is -3.76. The number of rotatable bonds is 4. The molecule has 0 aromatic heterocycles. The molecule has 0 spiro atoms. The normalized spacial score (nSPS) is 18.5. The molecule has 0 bridgehead atoms. The minimum Gasteiger partial charge on any atom is -0.399 e. The first kappa shape index (κ1) is 20.2. The smallest absolute Gasteiger partial charge is 0.399 e. The Morgan fingerprint density at radius 3 is 2.22 bits per heavy atom. The van der Waals surface area contributed by atoms with Crippen molar-refractivity contribution in [3.63, 3.8) is 0 Å². The van der Waals surface area contributed by atoms with Gasteiger partial charge in [-0.25, -0.2) is 8.42 Å². The van der Waals surface area contributed by atoms with Gasteiger partial charge in [0.1, 0.15) is 0 Å². The van der Waals surface area contributed by atoms with E-state index in [-0.39, 0.29) is 4.90 Å². The van der Waals surface area contributed by atoms with E-state index >= 15 is 0 Å². The van der Waals surface area contributed by atoms with Crippen LogP contribution in [-0.4, -0.2) is 26.7 Å². The Morgan fingerprint density at radius 2 is 1.63 bits per heavy atom. The molecule has 1 aliphatic heterocycles. The fourth-order valence-electron chi connectivity index (χ4n) is 2.71. The summed E-state index contributed by atoms with van der Waals surface area (Å²) in [6.07, 6.45) is 0. The molecule has 144 valence electrons. The van der Waals surface area contributed by atoms with Crippen molar-refractivity contribution < 1.29 is 17.7 Å². The number of hydrogen-bond donors (Lipinski definition) is 1. The maximum absolute atomic E-state index is 12.7. The highest BCUT2D eigenvalue weighted by molar-refractivity contribution is 7.92. The van der Waals surface area contributed by atoms with Gasteiger partial charge >= 0.3 is 7.12 Å². The SMILES string of the molecule is Cc1ccc(B2OC(C)(C)C(C)(C)O2)cc1NS(=O)(=O)c1cccc(Cl)c1. The van der Waals surface area contributed by atoms with E-state index in [0.717, 1.165) is 11.0 Å². The lowest BCUT2D eigenvalue weighted by Gasteiger charge is -2.32. The average molecular weight is 408 g/mol. The van der Waals surface area contributed by atoms with Crippen molar-refractivity contribution in [3.8, 4) is 0 Å². The molecule has 1 aliphatic rings. The lowest BCUT2D eigenvalue weighted by atomic mass is 9.78. The molecular weight excluding hydrogens is 385 g/mol. The largest absolute Gasteiger partial charge is 0.494 e. The van der Waals surface area contributed by atoms with E-state index in [1.807, 2.05) is 46.8 Å². The zero-order chi connectivity index (χ0) is 20.0. The second-order valence-electron chi connectivity index (χ2n) is 7.73. The van der Waals surface area contributed by atoms with Gasteiger partial charge in [0.2, 0.25) is 0 Å². The highest BCUT2D eigenvalue weighted by Crippen LogP contribution is 2.36. The molecule has 3 rings (SSSR count). The standard InChI is InChI=1S/C19H23BClNO4S/c1-13-9-10-14(20-25-18(2,3)19(4,5)26-20)11-17(13)22-27(23,24)16-8-6-7-15(21)12-16/h6-12,22H,1-5H3. The van der Waals surface area contributed by atoms with Gasteiger partial charge in [0.05, 0.1) is 21.8 Å². The molecule has 0 unspecified atom stereocenters. The van der Waals surface area contributed by atoms with Crippen LogP contribution in [0.15, 0.2) is 47.4 Å². The second kappa shape index (κ2) is 6.81. The zero-order valence-corrected chi connectivity index (χ0v) is 17.6.